The van der Waals surface area contributed by atoms with Gasteiger partial charge in [-0.3, -0.25) is 9.59 Å². The third kappa shape index (κ3) is 4.27. The van der Waals surface area contributed by atoms with Crippen LogP contribution in [0.4, 0.5) is 5.69 Å². The lowest BCUT2D eigenvalue weighted by Crippen LogP contribution is -2.25. The van der Waals surface area contributed by atoms with Gasteiger partial charge in [-0.15, -0.1) is 0 Å². The molecule has 0 unspecified atom stereocenters. The minimum Gasteiger partial charge on any atom is -0.496 e. The first-order chi connectivity index (χ1) is 14.0. The molecule has 6 nitrogen and oxygen atoms in total. The second-order valence-corrected chi connectivity index (χ2v) is 7.28. The van der Waals surface area contributed by atoms with Crippen LogP contribution in [0.5, 0.6) is 5.75 Å². The van der Waals surface area contributed by atoms with E-state index in [9.17, 15) is 9.59 Å². The van der Waals surface area contributed by atoms with Crippen molar-refractivity contribution in [2.24, 2.45) is 0 Å². The summed E-state index contributed by atoms with van der Waals surface area (Å²) >= 11 is 6.40. The topological polar surface area (TPSA) is 72.4 Å². The van der Waals surface area contributed by atoms with Crippen molar-refractivity contribution < 1.29 is 14.3 Å². The number of nitrogens with zero attached hydrogens (tertiary/aromatic N) is 1. The van der Waals surface area contributed by atoms with Crippen molar-refractivity contribution in [2.75, 3.05) is 12.4 Å². The molecule has 0 aliphatic heterocycles. The molecule has 4 rings (SSSR count). The number of carbonyl (C=O) groups is 2. The molecule has 0 saturated heterocycles. The smallest absolute Gasteiger partial charge is 0.259 e. The number of halogens is 1. The average Bonchev–Trinajstić information content (AvgIpc) is 3.37. The van der Waals surface area contributed by atoms with Crippen LogP contribution >= 0.6 is 11.6 Å². The van der Waals surface area contributed by atoms with E-state index < -0.39 is 0 Å². The molecule has 1 aromatic heterocycles. The summed E-state index contributed by atoms with van der Waals surface area (Å²) in [6, 6.07) is 14.2. The molecule has 1 saturated carbocycles. The highest BCUT2D eigenvalue weighted by molar-refractivity contribution is 6.33. The number of benzene rings is 2. The molecule has 148 valence electrons. The van der Waals surface area contributed by atoms with E-state index in [1.807, 2.05) is 29.1 Å². The fourth-order valence-corrected chi connectivity index (χ4v) is 3.24. The van der Waals surface area contributed by atoms with Crippen LogP contribution in [0.3, 0.4) is 0 Å². The summed E-state index contributed by atoms with van der Waals surface area (Å²) in [5, 5.41) is 6.18. The Hall–Kier alpha value is -3.25. The molecule has 1 heterocycles. The number of nitrogens with one attached hydrogen (secondary N) is 2. The van der Waals surface area contributed by atoms with Crippen LogP contribution < -0.4 is 15.4 Å². The molecule has 3 aromatic rings. The maximum absolute atomic E-state index is 12.8. The van der Waals surface area contributed by atoms with Gasteiger partial charge >= 0.3 is 0 Å². The van der Waals surface area contributed by atoms with Gasteiger partial charge in [-0.05, 0) is 55.3 Å². The summed E-state index contributed by atoms with van der Waals surface area (Å²) in [5.74, 6) is -0.0338. The standard InChI is InChI=1S/C22H20ClN3O3/c1-29-20-13-19(26-10-2-3-11-26)18(23)12-17(20)22(28)25-15-6-4-14(5-7-15)21(27)24-16-8-9-16/h2-7,10-13,16H,8-9H2,1H3,(H,24,27)(H,25,28). The van der Waals surface area contributed by atoms with Crippen LogP contribution in [-0.2, 0) is 0 Å². The third-order valence-corrected chi connectivity index (χ3v) is 5.02. The highest BCUT2D eigenvalue weighted by Gasteiger charge is 2.23. The first-order valence-electron chi connectivity index (χ1n) is 9.28. The van der Waals surface area contributed by atoms with Gasteiger partial charge in [0.25, 0.3) is 11.8 Å². The van der Waals surface area contributed by atoms with Gasteiger partial charge in [0.1, 0.15) is 5.75 Å². The predicted molar refractivity (Wildman–Crippen MR) is 112 cm³/mol. The zero-order valence-electron chi connectivity index (χ0n) is 15.8. The van der Waals surface area contributed by atoms with Crippen molar-refractivity contribution in [2.45, 2.75) is 18.9 Å². The lowest BCUT2D eigenvalue weighted by molar-refractivity contribution is 0.0950. The first-order valence-corrected chi connectivity index (χ1v) is 9.66. The molecule has 0 bridgehead atoms. The van der Waals surface area contributed by atoms with Crippen molar-refractivity contribution in [1.29, 1.82) is 0 Å². The third-order valence-electron chi connectivity index (χ3n) is 4.71. The number of ether oxygens (including phenoxy) is 1. The SMILES string of the molecule is COc1cc(-n2cccc2)c(Cl)cc1C(=O)Nc1ccc(C(=O)NC2CC2)cc1. The molecular formula is C22H20ClN3O3. The van der Waals surface area contributed by atoms with E-state index in [1.165, 1.54) is 7.11 Å². The molecule has 0 spiro atoms. The quantitative estimate of drug-likeness (QED) is 0.638. The molecule has 1 aliphatic rings. The zero-order chi connectivity index (χ0) is 20.4. The molecule has 1 aliphatic carbocycles. The highest BCUT2D eigenvalue weighted by atomic mass is 35.5. The Bertz CT molecular complexity index is 1040. The maximum Gasteiger partial charge on any atom is 0.259 e. The molecule has 0 atom stereocenters. The average molecular weight is 410 g/mol. The number of anilines is 1. The van der Waals surface area contributed by atoms with Crippen LogP contribution in [0.15, 0.2) is 60.9 Å². The predicted octanol–water partition coefficient (Wildman–Crippen LogP) is 4.28. The van der Waals surface area contributed by atoms with Gasteiger partial charge in [0.05, 0.1) is 23.4 Å². The number of aromatic nitrogens is 1. The number of hydrogen-bond donors (Lipinski definition) is 2. The van der Waals surface area contributed by atoms with Crippen LogP contribution in [0.1, 0.15) is 33.6 Å². The van der Waals surface area contributed by atoms with Crippen LogP contribution in [0.25, 0.3) is 5.69 Å². The molecular weight excluding hydrogens is 390 g/mol. The number of amides is 2. The zero-order valence-corrected chi connectivity index (χ0v) is 16.6. The van der Waals surface area contributed by atoms with Gasteiger partial charge in [-0.25, -0.2) is 0 Å². The van der Waals surface area contributed by atoms with Gasteiger partial charge in [-0.2, -0.15) is 0 Å². The summed E-state index contributed by atoms with van der Waals surface area (Å²) in [6.07, 6.45) is 5.80. The van der Waals surface area contributed by atoms with E-state index in [4.69, 9.17) is 16.3 Å². The Labute approximate surface area is 173 Å². The normalized spacial score (nSPS) is 13.0. The Kier molecular flexibility index (Phi) is 5.27. The molecule has 2 amide bonds. The largest absolute Gasteiger partial charge is 0.496 e. The Morgan fingerprint density at radius 1 is 1.07 bits per heavy atom. The van der Waals surface area contributed by atoms with E-state index in [2.05, 4.69) is 10.6 Å². The lowest BCUT2D eigenvalue weighted by Gasteiger charge is -2.14. The van der Waals surface area contributed by atoms with Crippen molar-refractivity contribution in [3.05, 3.63) is 77.1 Å². The van der Waals surface area contributed by atoms with Crippen molar-refractivity contribution >= 4 is 29.1 Å². The fraction of sp³-hybridized carbons (Fsp3) is 0.182. The maximum atomic E-state index is 12.8. The van der Waals surface area contributed by atoms with E-state index in [1.54, 1.807) is 36.4 Å². The van der Waals surface area contributed by atoms with Gasteiger partial charge in [0, 0.05) is 35.8 Å². The van der Waals surface area contributed by atoms with Crippen LogP contribution in [-0.4, -0.2) is 29.5 Å². The van der Waals surface area contributed by atoms with Crippen LogP contribution in [0, 0.1) is 0 Å². The number of rotatable bonds is 6. The first kappa shape index (κ1) is 19.1. The van der Waals surface area contributed by atoms with E-state index in [0.29, 0.717) is 33.6 Å². The molecule has 2 aromatic carbocycles. The molecule has 7 heteroatoms. The number of hydrogen-bond acceptors (Lipinski definition) is 3. The van der Waals surface area contributed by atoms with Crippen molar-refractivity contribution in [3.63, 3.8) is 0 Å². The summed E-state index contributed by atoms with van der Waals surface area (Å²) in [6.45, 7) is 0. The van der Waals surface area contributed by atoms with E-state index >= 15 is 0 Å². The Morgan fingerprint density at radius 3 is 2.38 bits per heavy atom. The number of carbonyl (C=O) groups excluding carboxylic acids is 2. The monoisotopic (exact) mass is 409 g/mol. The second-order valence-electron chi connectivity index (χ2n) is 6.87. The summed E-state index contributed by atoms with van der Waals surface area (Å²) in [4.78, 5) is 24.8. The van der Waals surface area contributed by atoms with Gasteiger partial charge < -0.3 is 19.9 Å². The fourth-order valence-electron chi connectivity index (χ4n) is 2.98. The molecule has 29 heavy (non-hydrogen) atoms. The summed E-state index contributed by atoms with van der Waals surface area (Å²) in [7, 11) is 1.51. The molecule has 2 N–H and O–H groups in total. The van der Waals surface area contributed by atoms with E-state index in [-0.39, 0.29) is 11.8 Å². The highest BCUT2D eigenvalue weighted by Crippen LogP contribution is 2.30. The molecule has 0 radical (unpaired) electrons. The Morgan fingerprint density at radius 2 is 1.76 bits per heavy atom. The van der Waals surface area contributed by atoms with Gasteiger partial charge in [-0.1, -0.05) is 11.6 Å². The second kappa shape index (κ2) is 8.01. The summed E-state index contributed by atoms with van der Waals surface area (Å²) < 4.78 is 7.25. The van der Waals surface area contributed by atoms with Crippen LogP contribution in [0.2, 0.25) is 5.02 Å². The minimum atomic E-state index is -0.349. The molecule has 1 fully saturated rings. The lowest BCUT2D eigenvalue weighted by atomic mass is 10.1. The van der Waals surface area contributed by atoms with Crippen molar-refractivity contribution in [1.82, 2.24) is 9.88 Å². The van der Waals surface area contributed by atoms with Gasteiger partial charge in [0.15, 0.2) is 0 Å². The Balaban J connectivity index is 1.52. The van der Waals surface area contributed by atoms with Gasteiger partial charge in [0.2, 0.25) is 0 Å². The van der Waals surface area contributed by atoms with E-state index in [0.717, 1.165) is 18.5 Å². The van der Waals surface area contributed by atoms with Crippen molar-refractivity contribution in [3.8, 4) is 11.4 Å². The summed E-state index contributed by atoms with van der Waals surface area (Å²) in [5.41, 5.74) is 2.18. The number of methoxy groups -OCH3 is 1. The minimum absolute atomic E-state index is 0.0978.